The van der Waals surface area contributed by atoms with Crippen LogP contribution >= 0.6 is 23.2 Å². The number of pyridine rings is 1. The first kappa shape index (κ1) is 23.8. The SMILES string of the molecule is CCOC(=O)NC(=O)/C(C#N)=N/Nc1cc(Cl)c(Oc2ccc3ncc(C)cc3c2)c(Cl)c1. The van der Waals surface area contributed by atoms with Gasteiger partial charge in [0.15, 0.2) is 5.75 Å². The Kier molecular flexibility index (Phi) is 7.66. The third kappa shape index (κ3) is 6.10. The smallest absolute Gasteiger partial charge is 0.414 e. The summed E-state index contributed by atoms with van der Waals surface area (Å²) in [5, 5.41) is 15.9. The molecular weight excluding hydrogens is 469 g/mol. The molecule has 168 valence electrons. The van der Waals surface area contributed by atoms with E-state index >= 15 is 0 Å². The lowest BCUT2D eigenvalue weighted by Gasteiger charge is -2.12. The summed E-state index contributed by atoms with van der Waals surface area (Å²) in [6.45, 7) is 3.58. The second-order valence-electron chi connectivity index (χ2n) is 6.60. The number of halogens is 2. The minimum absolute atomic E-state index is 0.0670. The Labute approximate surface area is 198 Å². The minimum Gasteiger partial charge on any atom is -0.454 e. The first-order chi connectivity index (χ1) is 15.8. The number of imide groups is 1. The third-order valence-electron chi connectivity index (χ3n) is 4.12. The van der Waals surface area contributed by atoms with Crippen molar-refractivity contribution in [3.8, 4) is 17.6 Å². The number of hydrogen-bond donors (Lipinski definition) is 2. The van der Waals surface area contributed by atoms with Crippen LogP contribution in [0.3, 0.4) is 0 Å². The van der Waals surface area contributed by atoms with Crippen LogP contribution in [0, 0.1) is 18.3 Å². The molecule has 0 bridgehead atoms. The van der Waals surface area contributed by atoms with Crippen molar-refractivity contribution < 1.29 is 19.1 Å². The van der Waals surface area contributed by atoms with Crippen molar-refractivity contribution >= 4 is 57.5 Å². The van der Waals surface area contributed by atoms with Crippen LogP contribution in [-0.2, 0) is 9.53 Å². The van der Waals surface area contributed by atoms with Crippen molar-refractivity contribution in [2.45, 2.75) is 13.8 Å². The van der Waals surface area contributed by atoms with Gasteiger partial charge in [0.05, 0.1) is 27.9 Å². The van der Waals surface area contributed by atoms with Gasteiger partial charge < -0.3 is 9.47 Å². The van der Waals surface area contributed by atoms with Crippen molar-refractivity contribution in [3.05, 3.63) is 58.2 Å². The van der Waals surface area contributed by atoms with E-state index in [9.17, 15) is 9.59 Å². The van der Waals surface area contributed by atoms with Crippen LogP contribution in [-0.4, -0.2) is 29.3 Å². The fourth-order valence-corrected chi connectivity index (χ4v) is 3.25. The van der Waals surface area contributed by atoms with Gasteiger partial charge in [0.2, 0.25) is 5.71 Å². The Morgan fingerprint density at radius 3 is 2.58 bits per heavy atom. The number of carbonyl (C=O) groups is 2. The summed E-state index contributed by atoms with van der Waals surface area (Å²) in [7, 11) is 0. The molecule has 0 radical (unpaired) electrons. The minimum atomic E-state index is -1.03. The van der Waals surface area contributed by atoms with Crippen LogP contribution in [0.2, 0.25) is 10.0 Å². The van der Waals surface area contributed by atoms with E-state index in [1.165, 1.54) is 12.1 Å². The number of alkyl carbamates (subject to hydrolysis) is 1. The van der Waals surface area contributed by atoms with Gasteiger partial charge in [-0.25, -0.2) is 4.79 Å². The number of aryl methyl sites for hydroxylation is 1. The summed E-state index contributed by atoms with van der Waals surface area (Å²) in [4.78, 5) is 27.6. The van der Waals surface area contributed by atoms with E-state index in [0.717, 1.165) is 16.5 Å². The van der Waals surface area contributed by atoms with Crippen molar-refractivity contribution in [2.24, 2.45) is 5.10 Å². The number of ether oxygens (including phenoxy) is 2. The third-order valence-corrected chi connectivity index (χ3v) is 4.68. The molecule has 0 fully saturated rings. The standard InChI is InChI=1S/C22H17Cl2N5O4/c1-3-32-22(31)27-21(30)19(10-25)29-28-14-8-16(23)20(17(24)9-14)33-15-4-5-18-13(7-15)6-12(2)11-26-18/h4-9,11,28H,3H2,1-2H3,(H,27,30,31)/b29-19+. The van der Waals surface area contributed by atoms with E-state index in [1.807, 2.05) is 30.4 Å². The summed E-state index contributed by atoms with van der Waals surface area (Å²) in [5.74, 6) is -0.296. The van der Waals surface area contributed by atoms with Crippen LogP contribution in [0.15, 0.2) is 47.7 Å². The number of hydrazone groups is 1. The largest absolute Gasteiger partial charge is 0.454 e. The normalized spacial score (nSPS) is 10.9. The maximum absolute atomic E-state index is 11.9. The molecule has 0 atom stereocenters. The van der Waals surface area contributed by atoms with Crippen LogP contribution in [0.4, 0.5) is 10.5 Å². The van der Waals surface area contributed by atoms with E-state index in [1.54, 1.807) is 25.3 Å². The second kappa shape index (κ2) is 10.6. The summed E-state index contributed by atoms with van der Waals surface area (Å²) >= 11 is 12.7. The second-order valence-corrected chi connectivity index (χ2v) is 7.41. The molecule has 33 heavy (non-hydrogen) atoms. The highest BCUT2D eigenvalue weighted by Crippen LogP contribution is 2.39. The van der Waals surface area contributed by atoms with Gasteiger partial charge in [0, 0.05) is 11.6 Å². The van der Waals surface area contributed by atoms with Gasteiger partial charge in [-0.1, -0.05) is 23.2 Å². The average Bonchev–Trinajstić information content (AvgIpc) is 2.76. The Bertz CT molecular complexity index is 1280. The zero-order chi connectivity index (χ0) is 24.0. The molecule has 0 unspecified atom stereocenters. The van der Waals surface area contributed by atoms with Gasteiger partial charge in [0.25, 0.3) is 5.91 Å². The summed E-state index contributed by atoms with van der Waals surface area (Å²) in [5.41, 5.74) is 4.02. The Morgan fingerprint density at radius 1 is 1.18 bits per heavy atom. The number of anilines is 1. The molecule has 1 heterocycles. The average molecular weight is 486 g/mol. The van der Waals surface area contributed by atoms with Crippen LogP contribution < -0.4 is 15.5 Å². The summed E-state index contributed by atoms with van der Waals surface area (Å²) < 4.78 is 10.5. The summed E-state index contributed by atoms with van der Waals surface area (Å²) in [6, 6.07) is 11.9. The number of rotatable bonds is 6. The van der Waals surface area contributed by atoms with Crippen molar-refractivity contribution in [3.63, 3.8) is 0 Å². The Balaban J connectivity index is 1.77. The molecular formula is C22H17Cl2N5O4. The predicted octanol–water partition coefficient (Wildman–Crippen LogP) is 5.21. The molecule has 9 nitrogen and oxygen atoms in total. The molecule has 3 aromatic rings. The van der Waals surface area contributed by atoms with Crippen LogP contribution in [0.1, 0.15) is 12.5 Å². The number of nitrogens with zero attached hydrogens (tertiary/aromatic N) is 3. The van der Waals surface area contributed by atoms with Gasteiger partial charge in [-0.15, -0.1) is 0 Å². The van der Waals surface area contributed by atoms with E-state index < -0.39 is 17.7 Å². The van der Waals surface area contributed by atoms with Gasteiger partial charge in [-0.05, 0) is 55.8 Å². The number of hydrogen-bond acceptors (Lipinski definition) is 8. The van der Waals surface area contributed by atoms with Gasteiger partial charge >= 0.3 is 6.09 Å². The monoisotopic (exact) mass is 485 g/mol. The lowest BCUT2D eigenvalue weighted by molar-refractivity contribution is -0.114. The maximum Gasteiger partial charge on any atom is 0.414 e. The van der Waals surface area contributed by atoms with Crippen molar-refractivity contribution in [1.29, 1.82) is 5.26 Å². The number of amides is 2. The van der Waals surface area contributed by atoms with Gasteiger partial charge in [-0.2, -0.15) is 10.4 Å². The van der Waals surface area contributed by atoms with Crippen LogP contribution in [0.5, 0.6) is 11.5 Å². The molecule has 11 heteroatoms. The van der Waals surface area contributed by atoms with Gasteiger partial charge in [-0.3, -0.25) is 20.5 Å². The Hall–Kier alpha value is -3.87. The first-order valence-corrected chi connectivity index (χ1v) is 10.3. The van der Waals surface area contributed by atoms with E-state index in [0.29, 0.717) is 5.75 Å². The first-order valence-electron chi connectivity index (χ1n) is 9.56. The number of aromatic nitrogens is 1. The maximum atomic E-state index is 11.9. The summed E-state index contributed by atoms with van der Waals surface area (Å²) in [6.07, 6.45) is 0.792. The fraction of sp³-hybridized carbons (Fsp3) is 0.136. The zero-order valence-electron chi connectivity index (χ0n) is 17.5. The van der Waals surface area contributed by atoms with Gasteiger partial charge in [0.1, 0.15) is 11.8 Å². The molecule has 0 spiro atoms. The molecule has 3 rings (SSSR count). The topological polar surface area (TPSA) is 126 Å². The lowest BCUT2D eigenvalue weighted by atomic mass is 10.1. The predicted molar refractivity (Wildman–Crippen MR) is 125 cm³/mol. The highest BCUT2D eigenvalue weighted by atomic mass is 35.5. The molecule has 0 saturated carbocycles. The number of fused-ring (bicyclic) bond motifs is 1. The molecule has 0 saturated heterocycles. The zero-order valence-corrected chi connectivity index (χ0v) is 19.0. The van der Waals surface area contributed by atoms with E-state index in [4.69, 9.17) is 33.2 Å². The fourth-order valence-electron chi connectivity index (χ4n) is 2.69. The molecule has 2 N–H and O–H groups in total. The highest BCUT2D eigenvalue weighted by Gasteiger charge is 2.16. The van der Waals surface area contributed by atoms with E-state index in [-0.39, 0.29) is 28.1 Å². The quantitative estimate of drug-likeness (QED) is 0.362. The Morgan fingerprint density at radius 2 is 1.91 bits per heavy atom. The van der Waals surface area contributed by atoms with Crippen molar-refractivity contribution in [1.82, 2.24) is 10.3 Å². The molecule has 2 aromatic carbocycles. The number of benzene rings is 2. The molecule has 1 aromatic heterocycles. The number of nitrogens with one attached hydrogen (secondary N) is 2. The lowest BCUT2D eigenvalue weighted by Crippen LogP contribution is -2.36. The van der Waals surface area contributed by atoms with E-state index in [2.05, 4.69) is 20.2 Å². The number of nitriles is 1. The molecule has 0 aliphatic rings. The van der Waals surface area contributed by atoms with Crippen molar-refractivity contribution in [2.75, 3.05) is 12.0 Å². The number of carbonyl (C=O) groups excluding carboxylic acids is 2. The highest BCUT2D eigenvalue weighted by molar-refractivity contribution is 6.47. The molecule has 2 amide bonds. The molecule has 0 aliphatic carbocycles. The van der Waals surface area contributed by atoms with Crippen LogP contribution in [0.25, 0.3) is 10.9 Å². The molecule has 0 aliphatic heterocycles.